The Morgan fingerprint density at radius 1 is 1.15 bits per heavy atom. The highest BCUT2D eigenvalue weighted by atomic mass is 35.5. The molecule has 0 radical (unpaired) electrons. The fourth-order valence-corrected chi connectivity index (χ4v) is 3.48. The Hall–Kier alpha value is -2.02. The molecule has 0 bridgehead atoms. The van der Waals surface area contributed by atoms with Crippen LogP contribution in [0, 0.1) is 5.82 Å². The molecule has 2 aromatic heterocycles. The molecule has 0 saturated heterocycles. The van der Waals surface area contributed by atoms with Crippen molar-refractivity contribution in [2.24, 2.45) is 0 Å². The molecule has 1 N–H and O–H groups in total. The molecule has 0 saturated carbocycles. The van der Waals surface area contributed by atoms with Gasteiger partial charge in [0, 0.05) is 31.8 Å². The van der Waals surface area contributed by atoms with Crippen LogP contribution in [0.15, 0.2) is 42.6 Å². The Morgan fingerprint density at radius 2 is 1.96 bits per heavy atom. The van der Waals surface area contributed by atoms with Crippen LogP contribution in [0.4, 0.5) is 10.2 Å². The first-order chi connectivity index (χ1) is 12.8. The van der Waals surface area contributed by atoms with Crippen molar-refractivity contribution in [3.63, 3.8) is 0 Å². The molecule has 3 rings (SSSR count). The summed E-state index contributed by atoms with van der Waals surface area (Å²) in [5.41, 5.74) is 1.51. The lowest BCUT2D eigenvalue weighted by molar-refractivity contribution is 0.165. The van der Waals surface area contributed by atoms with Crippen molar-refractivity contribution < 1.29 is 9.13 Å². The molecular weight excluding hydrogens is 381 g/mol. The summed E-state index contributed by atoms with van der Waals surface area (Å²) in [5, 5.41) is 5.25. The van der Waals surface area contributed by atoms with Crippen molar-refractivity contribution in [3.8, 4) is 11.3 Å². The minimum absolute atomic E-state index is 0.286. The van der Waals surface area contributed by atoms with Crippen molar-refractivity contribution in [2.45, 2.75) is 25.7 Å². The molecule has 0 atom stereocenters. The fourth-order valence-electron chi connectivity index (χ4n) is 2.61. The quantitative estimate of drug-likeness (QED) is 0.234. The van der Waals surface area contributed by atoms with Crippen LogP contribution in [0.3, 0.4) is 0 Å². The lowest BCUT2D eigenvalue weighted by atomic mass is 10.1. The van der Waals surface area contributed by atoms with Crippen LogP contribution in [0.1, 0.15) is 0 Å². The first-order valence-electron chi connectivity index (χ1n) is 8.86. The molecule has 3 aromatic rings. The smallest absolute Gasteiger partial charge is 0.136 e. The number of rotatable bonds is 7. The van der Waals surface area contributed by atoms with E-state index >= 15 is 0 Å². The number of benzene rings is 1. The summed E-state index contributed by atoms with van der Waals surface area (Å²) in [7, 11) is -1.12. The molecule has 0 aliphatic carbocycles. The van der Waals surface area contributed by atoms with Crippen molar-refractivity contribution in [3.05, 3.63) is 53.6 Å². The Balaban J connectivity index is 1.85. The van der Waals surface area contributed by atoms with Gasteiger partial charge in [0.25, 0.3) is 0 Å². The number of hydrogen-bond donors (Lipinski definition) is 1. The van der Waals surface area contributed by atoms with Gasteiger partial charge in [0.1, 0.15) is 23.5 Å². The predicted octanol–water partition coefficient (Wildman–Crippen LogP) is 5.81. The Labute approximate surface area is 164 Å². The van der Waals surface area contributed by atoms with E-state index in [0.29, 0.717) is 23.4 Å². The number of fused-ring (bicyclic) bond motifs is 1. The van der Waals surface area contributed by atoms with E-state index in [2.05, 4.69) is 34.9 Å². The topological polar surface area (TPSA) is 47.0 Å². The molecule has 0 amide bonds. The first-order valence-corrected chi connectivity index (χ1v) is 12.9. The third kappa shape index (κ3) is 5.48. The van der Waals surface area contributed by atoms with Gasteiger partial charge in [-0.2, -0.15) is 0 Å². The minimum atomic E-state index is -1.12. The van der Waals surface area contributed by atoms with Crippen molar-refractivity contribution in [2.75, 3.05) is 18.7 Å². The largest absolute Gasteiger partial charge is 0.362 e. The maximum absolute atomic E-state index is 13.7. The average Bonchev–Trinajstić information content (AvgIpc) is 2.60. The summed E-state index contributed by atoms with van der Waals surface area (Å²) in [6.07, 6.45) is 1.66. The molecule has 4 nitrogen and oxygen atoms in total. The zero-order valence-corrected chi connectivity index (χ0v) is 17.5. The van der Waals surface area contributed by atoms with Crippen LogP contribution >= 0.6 is 11.6 Å². The summed E-state index contributed by atoms with van der Waals surface area (Å²) < 4.78 is 19.5. The Kier molecular flexibility index (Phi) is 6.09. The van der Waals surface area contributed by atoms with Gasteiger partial charge in [-0.3, -0.25) is 0 Å². The van der Waals surface area contributed by atoms with E-state index in [1.165, 1.54) is 12.1 Å². The minimum Gasteiger partial charge on any atom is -0.362 e. The van der Waals surface area contributed by atoms with Gasteiger partial charge < -0.3 is 10.1 Å². The van der Waals surface area contributed by atoms with Crippen LogP contribution in [-0.2, 0) is 4.74 Å². The second-order valence-electron chi connectivity index (χ2n) is 7.63. The monoisotopic (exact) mass is 403 g/mol. The molecular formula is C20H23ClFN3OSi. The Bertz CT molecular complexity index is 929. The average molecular weight is 404 g/mol. The summed E-state index contributed by atoms with van der Waals surface area (Å²) in [4.78, 5) is 8.79. The van der Waals surface area contributed by atoms with E-state index in [0.717, 1.165) is 29.0 Å². The van der Waals surface area contributed by atoms with Gasteiger partial charge in [-0.25, -0.2) is 14.4 Å². The van der Waals surface area contributed by atoms with Crippen molar-refractivity contribution in [1.29, 1.82) is 0 Å². The van der Waals surface area contributed by atoms with Gasteiger partial charge in [-0.15, -0.1) is 0 Å². The second kappa shape index (κ2) is 8.33. The molecule has 27 heavy (non-hydrogen) atoms. The maximum atomic E-state index is 13.7. The first kappa shape index (κ1) is 19.7. The van der Waals surface area contributed by atoms with Gasteiger partial charge >= 0.3 is 0 Å². The third-order valence-electron chi connectivity index (χ3n) is 4.15. The molecule has 0 aliphatic heterocycles. The molecule has 7 heteroatoms. The van der Waals surface area contributed by atoms with E-state index in [1.54, 1.807) is 18.3 Å². The second-order valence-corrected chi connectivity index (χ2v) is 13.6. The van der Waals surface area contributed by atoms with E-state index in [1.807, 2.05) is 12.1 Å². The predicted molar refractivity (Wildman–Crippen MR) is 113 cm³/mol. The van der Waals surface area contributed by atoms with Crippen LogP contribution in [-0.4, -0.2) is 31.4 Å². The zero-order chi connectivity index (χ0) is 19.4. The fraction of sp³-hybridized carbons (Fsp3) is 0.300. The summed E-state index contributed by atoms with van der Waals surface area (Å²) in [6, 6.07) is 11.2. The molecule has 1 aromatic carbocycles. The lowest BCUT2D eigenvalue weighted by Crippen LogP contribution is -2.22. The van der Waals surface area contributed by atoms with Gasteiger partial charge in [0.2, 0.25) is 0 Å². The molecule has 0 spiro atoms. The number of halogens is 2. The number of ether oxygens (including phenoxy) is 1. The van der Waals surface area contributed by atoms with Crippen molar-refractivity contribution >= 4 is 36.3 Å². The number of aromatic nitrogens is 2. The van der Waals surface area contributed by atoms with Gasteiger partial charge in [0.05, 0.1) is 5.69 Å². The molecule has 0 fully saturated rings. The molecule has 142 valence electrons. The zero-order valence-electron chi connectivity index (χ0n) is 15.7. The number of pyridine rings is 2. The highest BCUT2D eigenvalue weighted by Crippen LogP contribution is 2.28. The van der Waals surface area contributed by atoms with E-state index < -0.39 is 8.07 Å². The number of nitrogens with zero attached hydrogens (tertiary/aromatic N) is 2. The van der Waals surface area contributed by atoms with Crippen LogP contribution in [0.5, 0.6) is 0 Å². The SMILES string of the molecule is C[Si](C)(C)CCOCNc1nc(-c2ccc(Cl)nc2)cc2cc(F)ccc12. The van der Waals surface area contributed by atoms with E-state index in [9.17, 15) is 4.39 Å². The highest BCUT2D eigenvalue weighted by molar-refractivity contribution is 6.76. The number of nitrogens with one attached hydrogen (secondary N) is 1. The van der Waals surface area contributed by atoms with E-state index in [-0.39, 0.29) is 5.82 Å². The standard InChI is InChI=1S/C20H23ClFN3OSi/c1-27(2,3)9-8-26-13-24-20-17-6-5-16(22)10-15(17)11-18(25-20)14-4-7-19(21)23-12-14/h4-7,10-12H,8-9,13H2,1-3H3,(H,24,25). The maximum Gasteiger partial charge on any atom is 0.136 e. The number of anilines is 1. The summed E-state index contributed by atoms with van der Waals surface area (Å²) >= 11 is 5.87. The van der Waals surface area contributed by atoms with Crippen LogP contribution in [0.2, 0.25) is 30.8 Å². The van der Waals surface area contributed by atoms with Gasteiger partial charge in [0.15, 0.2) is 0 Å². The van der Waals surface area contributed by atoms with Crippen molar-refractivity contribution in [1.82, 2.24) is 9.97 Å². The van der Waals surface area contributed by atoms with Gasteiger partial charge in [-0.05, 0) is 47.8 Å². The third-order valence-corrected chi connectivity index (χ3v) is 6.08. The summed E-state index contributed by atoms with van der Waals surface area (Å²) in [6.45, 7) is 8.02. The molecule has 0 aliphatic rings. The highest BCUT2D eigenvalue weighted by Gasteiger charge is 2.12. The van der Waals surface area contributed by atoms with E-state index in [4.69, 9.17) is 16.3 Å². The molecule has 2 heterocycles. The number of hydrogen-bond acceptors (Lipinski definition) is 4. The Morgan fingerprint density at radius 3 is 2.67 bits per heavy atom. The van der Waals surface area contributed by atoms with Crippen LogP contribution in [0.25, 0.3) is 22.0 Å². The van der Waals surface area contributed by atoms with Crippen LogP contribution < -0.4 is 5.32 Å². The summed E-state index contributed by atoms with van der Waals surface area (Å²) in [5.74, 6) is 0.372. The lowest BCUT2D eigenvalue weighted by Gasteiger charge is -2.16. The van der Waals surface area contributed by atoms with Gasteiger partial charge in [-0.1, -0.05) is 31.2 Å². The molecule has 0 unspecified atom stereocenters. The normalized spacial score (nSPS) is 11.7.